The van der Waals surface area contributed by atoms with Crippen LogP contribution in [-0.2, 0) is 5.41 Å². The van der Waals surface area contributed by atoms with Crippen LogP contribution in [-0.4, -0.2) is 20.4 Å². The molecule has 0 bridgehead atoms. The largest absolute Gasteiger partial charge is 0.495 e. The summed E-state index contributed by atoms with van der Waals surface area (Å²) in [6.45, 7) is 0.802. The molecule has 0 atom stereocenters. The molecule has 4 nitrogen and oxygen atoms in total. The molecule has 2 N–H and O–H groups in total. The molecule has 0 unspecified atom stereocenters. The van der Waals surface area contributed by atoms with Crippen LogP contribution in [0, 0.1) is 0 Å². The summed E-state index contributed by atoms with van der Waals surface area (Å²) in [7, 11) is 1.63. The van der Waals surface area contributed by atoms with Gasteiger partial charge < -0.3 is 19.9 Å². The van der Waals surface area contributed by atoms with Crippen LogP contribution in [0.1, 0.15) is 31.2 Å². The molecule has 5 heteroatoms. The van der Waals surface area contributed by atoms with Gasteiger partial charge in [-0.15, -0.1) is 0 Å². The molecule has 1 aliphatic heterocycles. The molecule has 3 rings (SSSR count). The lowest BCUT2D eigenvalue weighted by molar-refractivity contribution is 0.174. The first-order chi connectivity index (χ1) is 9.22. The number of halogens is 1. The molecule has 0 saturated heterocycles. The Bertz CT molecular complexity index is 498. The molecule has 1 aliphatic carbocycles. The molecule has 1 aromatic rings. The molecule has 2 aliphatic rings. The van der Waals surface area contributed by atoms with Crippen LogP contribution in [0.15, 0.2) is 6.07 Å². The lowest BCUT2D eigenvalue weighted by Crippen LogP contribution is -2.32. The first kappa shape index (κ1) is 12.9. The predicted molar refractivity (Wildman–Crippen MR) is 73.3 cm³/mol. The minimum atomic E-state index is -0.0457. The molecule has 1 saturated carbocycles. The van der Waals surface area contributed by atoms with E-state index in [1.807, 2.05) is 6.07 Å². The minimum Gasteiger partial charge on any atom is -0.495 e. The molecule has 0 radical (unpaired) electrons. The van der Waals surface area contributed by atoms with Gasteiger partial charge in [0.05, 0.1) is 7.11 Å². The van der Waals surface area contributed by atoms with Crippen LogP contribution < -0.4 is 19.9 Å². The quantitative estimate of drug-likeness (QED) is 0.927. The van der Waals surface area contributed by atoms with E-state index in [1.54, 1.807) is 7.11 Å². The number of hydrogen-bond donors (Lipinski definition) is 1. The highest BCUT2D eigenvalue weighted by Crippen LogP contribution is 2.53. The second-order valence-electron chi connectivity index (χ2n) is 5.20. The average molecular weight is 284 g/mol. The van der Waals surface area contributed by atoms with Gasteiger partial charge in [0.15, 0.2) is 11.5 Å². The summed E-state index contributed by atoms with van der Waals surface area (Å²) in [6, 6.07) is 1.99. The van der Waals surface area contributed by atoms with Gasteiger partial charge in [-0.25, -0.2) is 0 Å². The Labute approximate surface area is 117 Å². The highest BCUT2D eigenvalue weighted by atomic mass is 35.5. The fourth-order valence-electron chi connectivity index (χ4n) is 3.21. The zero-order valence-corrected chi connectivity index (χ0v) is 11.8. The summed E-state index contributed by atoms with van der Waals surface area (Å²) in [6.07, 6.45) is 4.50. The highest BCUT2D eigenvalue weighted by molar-refractivity contribution is 6.34. The molecule has 0 amide bonds. The minimum absolute atomic E-state index is 0.0457. The molecular formula is C14H18ClNO3. The van der Waals surface area contributed by atoms with Crippen molar-refractivity contribution in [1.82, 2.24) is 0 Å². The normalized spacial score (nSPS) is 19.7. The van der Waals surface area contributed by atoms with Crippen LogP contribution in [0.5, 0.6) is 17.2 Å². The average Bonchev–Trinajstić information content (AvgIpc) is 3.08. The molecule has 1 aromatic carbocycles. The first-order valence-corrected chi connectivity index (χ1v) is 6.96. The van der Waals surface area contributed by atoms with E-state index >= 15 is 0 Å². The van der Waals surface area contributed by atoms with E-state index in [4.69, 9.17) is 31.5 Å². The van der Waals surface area contributed by atoms with Crippen molar-refractivity contribution < 1.29 is 14.2 Å². The Morgan fingerprint density at radius 2 is 2.11 bits per heavy atom. The smallest absolute Gasteiger partial charge is 0.231 e. The van der Waals surface area contributed by atoms with Crippen LogP contribution >= 0.6 is 11.6 Å². The Balaban J connectivity index is 2.17. The zero-order chi connectivity index (χ0) is 13.5. The molecule has 0 spiro atoms. The summed E-state index contributed by atoms with van der Waals surface area (Å²) in [4.78, 5) is 0. The van der Waals surface area contributed by atoms with Gasteiger partial charge in [-0.3, -0.25) is 0 Å². The maximum atomic E-state index is 6.39. The number of ether oxygens (including phenoxy) is 3. The number of rotatable bonds is 3. The van der Waals surface area contributed by atoms with Crippen LogP contribution in [0.25, 0.3) is 0 Å². The van der Waals surface area contributed by atoms with Crippen LogP contribution in [0.3, 0.4) is 0 Å². The molecule has 0 aromatic heterocycles. The molecule has 1 heterocycles. The van der Waals surface area contributed by atoms with Crippen molar-refractivity contribution in [3.63, 3.8) is 0 Å². The topological polar surface area (TPSA) is 53.7 Å². The first-order valence-electron chi connectivity index (χ1n) is 6.58. The molecule has 104 valence electrons. The standard InChI is InChI=1S/C14H18ClNO3/c1-17-12-9(14(7-16)4-2-3-5-14)6-10-13(11(12)15)19-8-18-10/h6H,2-5,7-8,16H2,1H3. The Hall–Kier alpha value is -1.13. The van der Waals surface area contributed by atoms with Gasteiger partial charge in [0.2, 0.25) is 6.79 Å². The maximum absolute atomic E-state index is 6.39. The summed E-state index contributed by atoms with van der Waals surface area (Å²) >= 11 is 6.39. The molecular weight excluding hydrogens is 266 g/mol. The number of methoxy groups -OCH3 is 1. The predicted octanol–water partition coefficient (Wildman–Crippen LogP) is 2.85. The van der Waals surface area contributed by atoms with Crippen LogP contribution in [0.4, 0.5) is 0 Å². The van der Waals surface area contributed by atoms with Gasteiger partial charge in [0.25, 0.3) is 0 Å². The highest BCUT2D eigenvalue weighted by Gasteiger charge is 2.39. The van der Waals surface area contributed by atoms with E-state index in [9.17, 15) is 0 Å². The fourth-order valence-corrected chi connectivity index (χ4v) is 3.54. The van der Waals surface area contributed by atoms with Crippen molar-refractivity contribution in [2.45, 2.75) is 31.1 Å². The number of benzene rings is 1. The number of fused-ring (bicyclic) bond motifs is 1. The van der Waals surface area contributed by atoms with Gasteiger partial charge >= 0.3 is 0 Å². The lowest BCUT2D eigenvalue weighted by atomic mass is 9.78. The zero-order valence-electron chi connectivity index (χ0n) is 11.0. The van der Waals surface area contributed by atoms with E-state index in [0.717, 1.165) is 18.4 Å². The van der Waals surface area contributed by atoms with Gasteiger partial charge in [0, 0.05) is 17.5 Å². The number of hydrogen-bond acceptors (Lipinski definition) is 4. The van der Waals surface area contributed by atoms with Crippen molar-refractivity contribution in [1.29, 1.82) is 0 Å². The van der Waals surface area contributed by atoms with Gasteiger partial charge in [-0.05, 0) is 18.9 Å². The van der Waals surface area contributed by atoms with E-state index < -0.39 is 0 Å². The van der Waals surface area contributed by atoms with E-state index in [1.165, 1.54) is 12.8 Å². The van der Waals surface area contributed by atoms with Crippen LogP contribution in [0.2, 0.25) is 5.02 Å². The van der Waals surface area contributed by atoms with E-state index in [0.29, 0.717) is 28.8 Å². The van der Waals surface area contributed by atoms with E-state index in [2.05, 4.69) is 0 Å². The third-order valence-corrected chi connectivity index (χ3v) is 4.63. The lowest BCUT2D eigenvalue weighted by Gasteiger charge is -2.30. The molecule has 1 fully saturated rings. The third-order valence-electron chi connectivity index (χ3n) is 4.29. The monoisotopic (exact) mass is 283 g/mol. The van der Waals surface area contributed by atoms with Crippen molar-refractivity contribution in [3.05, 3.63) is 16.7 Å². The Morgan fingerprint density at radius 1 is 1.37 bits per heavy atom. The van der Waals surface area contributed by atoms with Crippen molar-refractivity contribution in [3.8, 4) is 17.2 Å². The van der Waals surface area contributed by atoms with Gasteiger partial charge in [-0.2, -0.15) is 0 Å². The van der Waals surface area contributed by atoms with Gasteiger partial charge in [0.1, 0.15) is 10.8 Å². The van der Waals surface area contributed by atoms with Crippen molar-refractivity contribution >= 4 is 11.6 Å². The third kappa shape index (κ3) is 1.85. The summed E-state index contributed by atoms with van der Waals surface area (Å²) in [5.74, 6) is 1.95. The maximum Gasteiger partial charge on any atom is 0.231 e. The van der Waals surface area contributed by atoms with Crippen molar-refractivity contribution in [2.75, 3.05) is 20.4 Å². The second kappa shape index (κ2) is 4.76. The summed E-state index contributed by atoms with van der Waals surface area (Å²) < 4.78 is 16.4. The Kier molecular flexibility index (Phi) is 3.23. The Morgan fingerprint density at radius 3 is 2.74 bits per heavy atom. The second-order valence-corrected chi connectivity index (χ2v) is 5.57. The summed E-state index contributed by atoms with van der Waals surface area (Å²) in [5.41, 5.74) is 7.06. The van der Waals surface area contributed by atoms with Gasteiger partial charge in [-0.1, -0.05) is 24.4 Å². The number of nitrogens with two attached hydrogens (primary N) is 1. The van der Waals surface area contributed by atoms with E-state index in [-0.39, 0.29) is 12.2 Å². The summed E-state index contributed by atoms with van der Waals surface area (Å²) in [5, 5.41) is 0.493. The van der Waals surface area contributed by atoms with Crippen molar-refractivity contribution in [2.24, 2.45) is 5.73 Å². The molecule has 19 heavy (non-hydrogen) atoms. The SMILES string of the molecule is COc1c(C2(CN)CCCC2)cc2c(c1Cl)OCO2. The fraction of sp³-hybridized carbons (Fsp3) is 0.571.